The smallest absolute Gasteiger partial charge is 0.211 e. The molecule has 0 unspecified atom stereocenters. The van der Waals surface area contributed by atoms with E-state index < -0.39 is 0 Å². The van der Waals surface area contributed by atoms with E-state index in [4.69, 9.17) is 33.3 Å². The van der Waals surface area contributed by atoms with Gasteiger partial charge in [0.1, 0.15) is 0 Å². The topological polar surface area (TPSA) is 42.5 Å². The standard InChI is InChI=1S/C20H14Cl2N4S2.BrH/c1-13(14-6-8-23-9-7-14)25-26-18(19-3-2-10-27-19)12-28-20(26)24-17-5-4-15(21)11-16(17)22;/h2-12H,1H3;1H. The van der Waals surface area contributed by atoms with Crippen LogP contribution in [0.15, 0.2) is 75.7 Å². The van der Waals surface area contributed by atoms with Gasteiger partial charge in [0.05, 0.1) is 27.0 Å². The van der Waals surface area contributed by atoms with Crippen LogP contribution >= 0.6 is 62.9 Å². The van der Waals surface area contributed by atoms with Crippen molar-refractivity contribution in [3.63, 3.8) is 0 Å². The largest absolute Gasteiger partial charge is 0.265 e. The zero-order chi connectivity index (χ0) is 19.5. The fraction of sp³-hybridized carbons (Fsp3) is 0.0500. The molecular weight excluding hydrogens is 511 g/mol. The number of thiazole rings is 1. The molecule has 0 spiro atoms. The first-order valence-electron chi connectivity index (χ1n) is 8.32. The average Bonchev–Trinajstić information content (AvgIpc) is 3.35. The van der Waals surface area contributed by atoms with Gasteiger partial charge in [-0.3, -0.25) is 4.98 Å². The number of thiophene rings is 1. The molecule has 0 saturated heterocycles. The molecule has 4 aromatic rings. The van der Waals surface area contributed by atoms with Gasteiger partial charge >= 0.3 is 0 Å². The quantitative estimate of drug-likeness (QED) is 0.263. The molecule has 3 aromatic heterocycles. The van der Waals surface area contributed by atoms with Crippen molar-refractivity contribution in [2.75, 3.05) is 0 Å². The first kappa shape index (κ1) is 21.9. The maximum Gasteiger partial charge on any atom is 0.211 e. The van der Waals surface area contributed by atoms with Crippen molar-refractivity contribution in [3.8, 4) is 10.6 Å². The molecule has 0 aliphatic carbocycles. The molecule has 3 heterocycles. The molecule has 29 heavy (non-hydrogen) atoms. The van der Waals surface area contributed by atoms with Crippen LogP contribution in [0.5, 0.6) is 0 Å². The van der Waals surface area contributed by atoms with Gasteiger partial charge < -0.3 is 0 Å². The summed E-state index contributed by atoms with van der Waals surface area (Å²) in [6.07, 6.45) is 3.51. The maximum absolute atomic E-state index is 6.32. The lowest BCUT2D eigenvalue weighted by molar-refractivity contribution is 0.850. The fourth-order valence-corrected chi connectivity index (χ4v) is 4.63. The summed E-state index contributed by atoms with van der Waals surface area (Å²) in [6.45, 7) is 1.97. The van der Waals surface area contributed by atoms with E-state index in [0.29, 0.717) is 15.7 Å². The Kier molecular flexibility index (Phi) is 7.43. The van der Waals surface area contributed by atoms with E-state index >= 15 is 0 Å². The van der Waals surface area contributed by atoms with Crippen LogP contribution in [0.2, 0.25) is 10.0 Å². The second kappa shape index (κ2) is 9.82. The first-order chi connectivity index (χ1) is 13.6. The third-order valence-electron chi connectivity index (χ3n) is 3.93. The number of nitrogens with zero attached hydrogens (tertiary/aromatic N) is 4. The third kappa shape index (κ3) is 5.05. The Labute approximate surface area is 196 Å². The minimum absolute atomic E-state index is 0. The highest BCUT2D eigenvalue weighted by atomic mass is 79.9. The number of rotatable bonds is 4. The van der Waals surface area contributed by atoms with Crippen LogP contribution in [0, 0.1) is 0 Å². The predicted octanol–water partition coefficient (Wildman–Crippen LogP) is 7.06. The summed E-state index contributed by atoms with van der Waals surface area (Å²) in [7, 11) is 0. The van der Waals surface area contributed by atoms with Crippen molar-refractivity contribution < 1.29 is 0 Å². The Bertz CT molecular complexity index is 1200. The van der Waals surface area contributed by atoms with Crippen LogP contribution in [0.4, 0.5) is 5.69 Å². The molecule has 0 N–H and O–H groups in total. The van der Waals surface area contributed by atoms with Gasteiger partial charge in [0.25, 0.3) is 0 Å². The second-order valence-electron chi connectivity index (χ2n) is 5.82. The normalized spacial score (nSPS) is 12.1. The van der Waals surface area contributed by atoms with E-state index in [1.54, 1.807) is 41.9 Å². The number of aromatic nitrogens is 2. The van der Waals surface area contributed by atoms with Gasteiger partial charge in [-0.05, 0) is 48.7 Å². The Morgan fingerprint density at radius 3 is 2.55 bits per heavy atom. The first-order valence-corrected chi connectivity index (χ1v) is 10.8. The van der Waals surface area contributed by atoms with Crippen molar-refractivity contribution in [1.29, 1.82) is 0 Å². The van der Waals surface area contributed by atoms with Crippen molar-refractivity contribution in [1.82, 2.24) is 9.66 Å². The van der Waals surface area contributed by atoms with Crippen molar-refractivity contribution in [2.45, 2.75) is 6.92 Å². The Morgan fingerprint density at radius 2 is 1.86 bits per heavy atom. The van der Waals surface area contributed by atoms with Crippen molar-refractivity contribution >= 4 is 74.3 Å². The van der Waals surface area contributed by atoms with Crippen LogP contribution in [0.3, 0.4) is 0 Å². The Hall–Kier alpha value is -1.77. The minimum atomic E-state index is 0. The molecule has 0 aliphatic heterocycles. The molecule has 0 bridgehead atoms. The average molecular weight is 526 g/mol. The zero-order valence-electron chi connectivity index (χ0n) is 15.1. The summed E-state index contributed by atoms with van der Waals surface area (Å²) in [5.74, 6) is 0. The van der Waals surface area contributed by atoms with E-state index in [1.165, 1.54) is 11.3 Å². The second-order valence-corrected chi connectivity index (χ2v) is 8.45. The van der Waals surface area contributed by atoms with Gasteiger partial charge in [-0.1, -0.05) is 29.3 Å². The highest BCUT2D eigenvalue weighted by Crippen LogP contribution is 2.29. The van der Waals surface area contributed by atoms with Gasteiger partial charge in [0, 0.05) is 28.4 Å². The number of hydrogen-bond acceptors (Lipinski definition) is 5. The lowest BCUT2D eigenvalue weighted by Gasteiger charge is -2.05. The molecule has 0 atom stereocenters. The molecule has 0 amide bonds. The summed E-state index contributed by atoms with van der Waals surface area (Å²) in [5, 5.41) is 10.0. The SMILES string of the molecule is Br.CC(=Nn1c(-c2cccs2)csc1=Nc1ccc(Cl)cc1Cl)c1ccncc1. The Balaban J connectivity index is 0.00000240. The maximum atomic E-state index is 6.32. The highest BCUT2D eigenvalue weighted by Gasteiger charge is 2.10. The van der Waals surface area contributed by atoms with Crippen LogP contribution in [0.25, 0.3) is 10.6 Å². The van der Waals surface area contributed by atoms with Gasteiger partial charge in [0.15, 0.2) is 0 Å². The summed E-state index contributed by atoms with van der Waals surface area (Å²) >= 11 is 15.5. The lowest BCUT2D eigenvalue weighted by atomic mass is 10.2. The number of hydrogen-bond donors (Lipinski definition) is 0. The van der Waals surface area contributed by atoms with Gasteiger partial charge in [-0.25, -0.2) is 9.67 Å². The van der Waals surface area contributed by atoms with E-state index in [9.17, 15) is 0 Å². The molecule has 0 fully saturated rings. The summed E-state index contributed by atoms with van der Waals surface area (Å²) in [5.41, 5.74) is 3.50. The third-order valence-corrected chi connectivity index (χ3v) is 6.18. The molecule has 9 heteroatoms. The number of halogens is 3. The van der Waals surface area contributed by atoms with E-state index in [1.807, 2.05) is 35.2 Å². The van der Waals surface area contributed by atoms with E-state index in [0.717, 1.165) is 26.6 Å². The van der Waals surface area contributed by atoms with Crippen molar-refractivity contribution in [3.05, 3.63) is 86.0 Å². The zero-order valence-corrected chi connectivity index (χ0v) is 20.0. The molecule has 0 radical (unpaired) electrons. The minimum Gasteiger partial charge on any atom is -0.265 e. The number of pyridine rings is 1. The fourth-order valence-electron chi connectivity index (χ4n) is 2.54. The van der Waals surface area contributed by atoms with Gasteiger partial charge in [0.2, 0.25) is 4.80 Å². The van der Waals surface area contributed by atoms with Crippen LogP contribution in [-0.4, -0.2) is 15.4 Å². The summed E-state index contributed by atoms with van der Waals surface area (Å²) < 4.78 is 1.86. The van der Waals surface area contributed by atoms with Crippen LogP contribution < -0.4 is 4.80 Å². The molecule has 0 aliphatic rings. The highest BCUT2D eigenvalue weighted by molar-refractivity contribution is 8.93. The van der Waals surface area contributed by atoms with Crippen molar-refractivity contribution in [2.24, 2.45) is 10.1 Å². The van der Waals surface area contributed by atoms with E-state index in [-0.39, 0.29) is 17.0 Å². The van der Waals surface area contributed by atoms with Crippen LogP contribution in [-0.2, 0) is 0 Å². The van der Waals surface area contributed by atoms with Gasteiger partial charge in [-0.2, -0.15) is 5.10 Å². The monoisotopic (exact) mass is 524 g/mol. The number of benzene rings is 1. The molecule has 4 nitrogen and oxygen atoms in total. The molecule has 0 saturated carbocycles. The molecule has 148 valence electrons. The predicted molar refractivity (Wildman–Crippen MR) is 129 cm³/mol. The van der Waals surface area contributed by atoms with Crippen LogP contribution in [0.1, 0.15) is 12.5 Å². The summed E-state index contributed by atoms with van der Waals surface area (Å²) in [4.78, 5) is 10.6. The lowest BCUT2D eigenvalue weighted by Crippen LogP contribution is -2.13. The molecular formula is C20H15BrCl2N4S2. The van der Waals surface area contributed by atoms with E-state index in [2.05, 4.69) is 16.4 Å². The Morgan fingerprint density at radius 1 is 1.07 bits per heavy atom. The van der Waals surface area contributed by atoms with Gasteiger partial charge in [-0.15, -0.1) is 39.7 Å². The summed E-state index contributed by atoms with van der Waals surface area (Å²) in [6, 6.07) is 13.2. The molecule has 1 aromatic carbocycles. The molecule has 4 rings (SSSR count).